The monoisotopic (exact) mass is 228 g/mol. The molecule has 0 saturated carbocycles. The van der Waals surface area contributed by atoms with Gasteiger partial charge in [0.2, 0.25) is 0 Å². The van der Waals surface area contributed by atoms with Gasteiger partial charge in [0.15, 0.2) is 0 Å². The number of carbonyl (C=O) groups excluding carboxylic acids is 1. The van der Waals surface area contributed by atoms with Crippen molar-refractivity contribution in [3.05, 3.63) is 37.1 Å². The van der Waals surface area contributed by atoms with Crippen molar-refractivity contribution < 1.29 is 9.63 Å². The molecule has 6 heteroatoms. The van der Waals surface area contributed by atoms with Gasteiger partial charge in [0.05, 0.1) is 12.4 Å². The minimum absolute atomic E-state index is 0.379. The van der Waals surface area contributed by atoms with Gasteiger partial charge >= 0.3 is 6.47 Å². The molecule has 0 radical (unpaired) electrons. The van der Waals surface area contributed by atoms with E-state index < -0.39 is 0 Å². The molecule has 3 aromatic heterocycles. The van der Waals surface area contributed by atoms with Gasteiger partial charge in [0.25, 0.3) is 0 Å². The SMILES string of the molecule is O=COn1ccc2c(-c3cn[nH]c3)cncc21. The predicted molar refractivity (Wildman–Crippen MR) is 60.0 cm³/mol. The lowest BCUT2D eigenvalue weighted by Crippen LogP contribution is -2.06. The third-order valence-electron chi connectivity index (χ3n) is 2.55. The number of fused-ring (bicyclic) bond motifs is 1. The van der Waals surface area contributed by atoms with Crippen molar-refractivity contribution in [3.8, 4) is 11.1 Å². The second kappa shape index (κ2) is 3.75. The molecule has 3 aromatic rings. The van der Waals surface area contributed by atoms with E-state index in [1.54, 1.807) is 31.0 Å². The molecule has 0 atom stereocenters. The van der Waals surface area contributed by atoms with Crippen LogP contribution in [0.15, 0.2) is 37.1 Å². The summed E-state index contributed by atoms with van der Waals surface area (Å²) in [4.78, 5) is 19.3. The number of nitrogens with zero attached hydrogens (tertiary/aromatic N) is 3. The quantitative estimate of drug-likeness (QED) is 0.679. The standard InChI is InChI=1S/C11H8N4O2/c16-7-17-15-2-1-9-10(5-12-6-11(9)15)8-3-13-14-4-8/h1-7H,(H,13,14). The van der Waals surface area contributed by atoms with Gasteiger partial charge in [-0.25, -0.2) is 0 Å². The second-order valence-electron chi connectivity index (χ2n) is 3.45. The lowest BCUT2D eigenvalue weighted by atomic mass is 10.1. The van der Waals surface area contributed by atoms with Crippen LogP contribution >= 0.6 is 0 Å². The molecular formula is C11H8N4O2. The highest BCUT2D eigenvalue weighted by Gasteiger charge is 2.09. The first-order valence-electron chi connectivity index (χ1n) is 4.95. The van der Waals surface area contributed by atoms with Crippen molar-refractivity contribution in [2.24, 2.45) is 0 Å². The van der Waals surface area contributed by atoms with E-state index >= 15 is 0 Å². The van der Waals surface area contributed by atoms with E-state index in [-0.39, 0.29) is 0 Å². The van der Waals surface area contributed by atoms with Crippen LogP contribution in [0.1, 0.15) is 0 Å². The minimum atomic E-state index is 0.379. The molecule has 0 saturated heterocycles. The third kappa shape index (κ3) is 1.46. The summed E-state index contributed by atoms with van der Waals surface area (Å²) >= 11 is 0. The topological polar surface area (TPSA) is 72.8 Å². The normalized spacial score (nSPS) is 10.6. The van der Waals surface area contributed by atoms with Crippen LogP contribution in [0.2, 0.25) is 0 Å². The molecule has 17 heavy (non-hydrogen) atoms. The average Bonchev–Trinajstić information content (AvgIpc) is 2.98. The number of aromatic amines is 1. The second-order valence-corrected chi connectivity index (χ2v) is 3.45. The molecule has 1 N–H and O–H groups in total. The van der Waals surface area contributed by atoms with E-state index in [0.717, 1.165) is 22.0 Å². The van der Waals surface area contributed by atoms with Crippen molar-refractivity contribution in [1.82, 2.24) is 19.9 Å². The van der Waals surface area contributed by atoms with Crippen LogP contribution in [-0.2, 0) is 4.79 Å². The summed E-state index contributed by atoms with van der Waals surface area (Å²) in [6, 6.07) is 1.86. The van der Waals surface area contributed by atoms with Gasteiger partial charge in [-0.1, -0.05) is 0 Å². The molecule has 6 nitrogen and oxygen atoms in total. The van der Waals surface area contributed by atoms with Gasteiger partial charge in [-0.05, 0) is 6.07 Å². The number of nitrogens with one attached hydrogen (secondary N) is 1. The Morgan fingerprint density at radius 2 is 2.29 bits per heavy atom. The van der Waals surface area contributed by atoms with Gasteiger partial charge in [0.1, 0.15) is 5.52 Å². The van der Waals surface area contributed by atoms with Gasteiger partial charge in [-0.3, -0.25) is 14.9 Å². The van der Waals surface area contributed by atoms with Crippen molar-refractivity contribution in [2.45, 2.75) is 0 Å². The van der Waals surface area contributed by atoms with Crippen LogP contribution in [0.4, 0.5) is 0 Å². The van der Waals surface area contributed by atoms with E-state index in [4.69, 9.17) is 4.84 Å². The number of pyridine rings is 1. The first kappa shape index (κ1) is 9.59. The van der Waals surface area contributed by atoms with Gasteiger partial charge in [0, 0.05) is 35.1 Å². The van der Waals surface area contributed by atoms with Crippen molar-refractivity contribution in [3.63, 3.8) is 0 Å². The molecule has 0 bridgehead atoms. The highest BCUT2D eigenvalue weighted by Crippen LogP contribution is 2.26. The zero-order valence-electron chi connectivity index (χ0n) is 8.70. The number of carbonyl (C=O) groups is 1. The summed E-state index contributed by atoms with van der Waals surface area (Å²) in [5.41, 5.74) is 2.60. The van der Waals surface area contributed by atoms with Crippen LogP contribution < -0.4 is 4.84 Å². The molecule has 0 aliphatic carbocycles. The van der Waals surface area contributed by atoms with E-state index in [2.05, 4.69) is 15.2 Å². The average molecular weight is 228 g/mol. The maximum absolute atomic E-state index is 10.4. The Hall–Kier alpha value is -2.63. The Labute approximate surface area is 95.8 Å². The highest BCUT2D eigenvalue weighted by molar-refractivity contribution is 5.94. The Bertz CT molecular complexity index is 657. The fraction of sp³-hybridized carbons (Fsp3) is 0. The number of aromatic nitrogens is 4. The zero-order valence-corrected chi connectivity index (χ0v) is 8.70. The van der Waals surface area contributed by atoms with Crippen molar-refractivity contribution >= 4 is 17.4 Å². The molecule has 3 heterocycles. The number of hydrogen-bond acceptors (Lipinski definition) is 4. The Kier molecular flexibility index (Phi) is 2.11. The zero-order chi connectivity index (χ0) is 11.7. The largest absolute Gasteiger partial charge is 0.340 e. The van der Waals surface area contributed by atoms with Crippen LogP contribution in [-0.4, -0.2) is 26.4 Å². The summed E-state index contributed by atoms with van der Waals surface area (Å²) < 4.78 is 1.37. The van der Waals surface area contributed by atoms with Crippen molar-refractivity contribution in [1.29, 1.82) is 0 Å². The maximum atomic E-state index is 10.4. The lowest BCUT2D eigenvalue weighted by molar-refractivity contribution is -0.128. The smallest absolute Gasteiger partial charge is 0.321 e. The van der Waals surface area contributed by atoms with Crippen LogP contribution in [0.25, 0.3) is 22.0 Å². The van der Waals surface area contributed by atoms with Gasteiger partial charge in [-0.15, -0.1) is 0 Å². The Morgan fingerprint density at radius 1 is 1.35 bits per heavy atom. The first-order chi connectivity index (χ1) is 8.40. The van der Waals surface area contributed by atoms with Crippen molar-refractivity contribution in [2.75, 3.05) is 0 Å². The molecule has 0 unspecified atom stereocenters. The summed E-state index contributed by atoms with van der Waals surface area (Å²) in [5.74, 6) is 0. The number of hydrogen-bond donors (Lipinski definition) is 1. The molecule has 0 fully saturated rings. The van der Waals surface area contributed by atoms with E-state index in [1.165, 1.54) is 4.73 Å². The maximum Gasteiger partial charge on any atom is 0.321 e. The Balaban J connectivity index is 2.24. The van der Waals surface area contributed by atoms with Crippen LogP contribution in [0.5, 0.6) is 0 Å². The van der Waals surface area contributed by atoms with Crippen LogP contribution in [0, 0.1) is 0 Å². The highest BCUT2D eigenvalue weighted by atomic mass is 16.7. The summed E-state index contributed by atoms with van der Waals surface area (Å²) in [5, 5.41) is 7.60. The Morgan fingerprint density at radius 3 is 3.06 bits per heavy atom. The summed E-state index contributed by atoms with van der Waals surface area (Å²) in [6.07, 6.45) is 8.56. The van der Waals surface area contributed by atoms with Crippen LogP contribution in [0.3, 0.4) is 0 Å². The molecule has 84 valence electrons. The molecule has 0 amide bonds. The fourth-order valence-corrected chi connectivity index (χ4v) is 1.80. The predicted octanol–water partition coefficient (Wildman–Crippen LogP) is 1.01. The van der Waals surface area contributed by atoms with E-state index in [0.29, 0.717) is 6.47 Å². The van der Waals surface area contributed by atoms with E-state index in [1.807, 2.05) is 6.07 Å². The molecule has 0 aromatic carbocycles. The molecule has 0 spiro atoms. The molecular weight excluding hydrogens is 220 g/mol. The number of H-pyrrole nitrogens is 1. The lowest BCUT2D eigenvalue weighted by Gasteiger charge is -2.02. The summed E-state index contributed by atoms with van der Waals surface area (Å²) in [6.45, 7) is 0.379. The first-order valence-corrected chi connectivity index (χ1v) is 4.95. The third-order valence-corrected chi connectivity index (χ3v) is 2.55. The molecule has 3 rings (SSSR count). The molecule has 0 aliphatic heterocycles. The summed E-state index contributed by atoms with van der Waals surface area (Å²) in [7, 11) is 0. The fourth-order valence-electron chi connectivity index (χ4n) is 1.80. The van der Waals surface area contributed by atoms with E-state index in [9.17, 15) is 4.79 Å². The van der Waals surface area contributed by atoms with Gasteiger partial charge < -0.3 is 4.84 Å². The van der Waals surface area contributed by atoms with Gasteiger partial charge in [-0.2, -0.15) is 9.83 Å². The number of rotatable bonds is 3. The molecule has 0 aliphatic rings. The minimum Gasteiger partial charge on any atom is -0.340 e.